The molecule has 0 aliphatic heterocycles. The highest BCUT2D eigenvalue weighted by molar-refractivity contribution is 6.32. The summed E-state index contributed by atoms with van der Waals surface area (Å²) in [5.74, 6) is 1.29. The molecule has 0 saturated heterocycles. The van der Waals surface area contributed by atoms with Crippen molar-refractivity contribution in [2.24, 2.45) is 0 Å². The van der Waals surface area contributed by atoms with Crippen LogP contribution in [0.25, 0.3) is 0 Å². The number of halogens is 1. The first-order valence-corrected chi connectivity index (χ1v) is 8.55. The molecular weight excluding hydrogens is 338 g/mol. The molecule has 0 saturated carbocycles. The highest BCUT2D eigenvalue weighted by atomic mass is 35.5. The lowest BCUT2D eigenvalue weighted by atomic mass is 10.1. The van der Waals surface area contributed by atoms with Crippen LogP contribution in [0.5, 0.6) is 11.5 Å². The first-order chi connectivity index (χ1) is 12.1. The van der Waals surface area contributed by atoms with Gasteiger partial charge >= 0.3 is 0 Å². The molecule has 0 bridgehead atoms. The maximum atomic E-state index is 12.2. The van der Waals surface area contributed by atoms with E-state index >= 15 is 0 Å². The molecule has 0 aromatic heterocycles. The lowest BCUT2D eigenvalue weighted by Gasteiger charge is -2.06. The lowest BCUT2D eigenvalue weighted by Crippen LogP contribution is -1.99. The minimum Gasteiger partial charge on any atom is -0.495 e. The molecule has 0 radical (unpaired) electrons. The molecule has 2 rings (SSSR count). The predicted molar refractivity (Wildman–Crippen MR) is 102 cm³/mol. The van der Waals surface area contributed by atoms with Crippen LogP contribution >= 0.6 is 11.6 Å². The Morgan fingerprint density at radius 2 is 1.96 bits per heavy atom. The molecule has 0 aliphatic carbocycles. The second-order valence-electron chi connectivity index (χ2n) is 5.42. The SMILES string of the molecule is CCCCOc1ccc(C(=O)C=CNc2ccc(OC)c(Cl)c2)cc1. The van der Waals surface area contributed by atoms with Gasteiger partial charge in [-0.2, -0.15) is 0 Å². The molecule has 5 heteroatoms. The molecule has 0 aliphatic rings. The number of benzene rings is 2. The van der Waals surface area contributed by atoms with Gasteiger partial charge in [0.05, 0.1) is 18.7 Å². The van der Waals surface area contributed by atoms with E-state index < -0.39 is 0 Å². The Kier molecular flexibility index (Phi) is 7.36. The molecule has 0 atom stereocenters. The minimum atomic E-state index is -0.0905. The number of carbonyl (C=O) groups excluding carboxylic acids is 1. The van der Waals surface area contributed by atoms with Gasteiger partial charge in [0.2, 0.25) is 0 Å². The van der Waals surface area contributed by atoms with Gasteiger partial charge in [-0.15, -0.1) is 0 Å². The Morgan fingerprint density at radius 3 is 2.60 bits per heavy atom. The fraction of sp³-hybridized carbons (Fsp3) is 0.250. The number of rotatable bonds is 9. The normalized spacial score (nSPS) is 10.7. The second-order valence-corrected chi connectivity index (χ2v) is 5.82. The first kappa shape index (κ1) is 18.9. The van der Waals surface area contributed by atoms with Gasteiger partial charge in [0.25, 0.3) is 0 Å². The summed E-state index contributed by atoms with van der Waals surface area (Å²) in [6, 6.07) is 12.5. The molecule has 0 amide bonds. The zero-order valence-corrected chi connectivity index (χ0v) is 15.2. The average Bonchev–Trinajstić information content (AvgIpc) is 2.62. The fourth-order valence-corrected chi connectivity index (χ4v) is 2.37. The van der Waals surface area contributed by atoms with Crippen LogP contribution in [-0.4, -0.2) is 19.5 Å². The number of hydrogen-bond donors (Lipinski definition) is 1. The van der Waals surface area contributed by atoms with Crippen molar-refractivity contribution in [1.29, 1.82) is 0 Å². The molecule has 0 unspecified atom stereocenters. The van der Waals surface area contributed by atoms with Crippen molar-refractivity contribution in [3.05, 3.63) is 65.3 Å². The van der Waals surface area contributed by atoms with E-state index in [1.807, 2.05) is 18.2 Å². The van der Waals surface area contributed by atoms with E-state index in [-0.39, 0.29) is 5.78 Å². The quantitative estimate of drug-likeness (QED) is 0.373. The van der Waals surface area contributed by atoms with Gasteiger partial charge in [0, 0.05) is 23.5 Å². The van der Waals surface area contributed by atoms with Gasteiger partial charge in [-0.05, 0) is 48.9 Å². The van der Waals surface area contributed by atoms with Crippen LogP contribution in [0.15, 0.2) is 54.7 Å². The Labute approximate surface area is 153 Å². The van der Waals surface area contributed by atoms with E-state index in [0.717, 1.165) is 24.3 Å². The maximum Gasteiger partial charge on any atom is 0.187 e. The van der Waals surface area contributed by atoms with Gasteiger partial charge in [0.15, 0.2) is 5.78 Å². The van der Waals surface area contributed by atoms with Gasteiger partial charge in [0.1, 0.15) is 11.5 Å². The fourth-order valence-electron chi connectivity index (χ4n) is 2.12. The summed E-state index contributed by atoms with van der Waals surface area (Å²) in [5.41, 5.74) is 1.38. The van der Waals surface area contributed by atoms with E-state index in [4.69, 9.17) is 21.1 Å². The number of methoxy groups -OCH3 is 1. The van der Waals surface area contributed by atoms with E-state index in [1.165, 1.54) is 6.08 Å². The van der Waals surface area contributed by atoms with Crippen LogP contribution in [0.2, 0.25) is 5.02 Å². The first-order valence-electron chi connectivity index (χ1n) is 8.18. The van der Waals surface area contributed by atoms with Crippen LogP contribution in [0, 0.1) is 0 Å². The summed E-state index contributed by atoms with van der Waals surface area (Å²) in [6.45, 7) is 2.81. The van der Waals surface area contributed by atoms with Crippen LogP contribution in [0.3, 0.4) is 0 Å². The zero-order valence-electron chi connectivity index (χ0n) is 14.4. The van der Waals surface area contributed by atoms with Crippen molar-refractivity contribution in [3.63, 3.8) is 0 Å². The van der Waals surface area contributed by atoms with Crippen molar-refractivity contribution in [2.75, 3.05) is 19.0 Å². The third-order valence-corrected chi connectivity index (χ3v) is 3.84. The van der Waals surface area contributed by atoms with E-state index in [0.29, 0.717) is 22.9 Å². The molecule has 0 spiro atoms. The number of ketones is 1. The minimum absolute atomic E-state index is 0.0905. The zero-order chi connectivity index (χ0) is 18.1. The molecule has 1 N–H and O–H groups in total. The Morgan fingerprint density at radius 1 is 1.20 bits per heavy atom. The van der Waals surface area contributed by atoms with E-state index in [1.54, 1.807) is 37.6 Å². The molecule has 132 valence electrons. The predicted octanol–water partition coefficient (Wildman–Crippen LogP) is 5.34. The topological polar surface area (TPSA) is 47.6 Å². The standard InChI is InChI=1S/C20H22ClNO3/c1-3-4-13-25-17-8-5-15(6-9-17)19(23)11-12-22-16-7-10-20(24-2)18(21)14-16/h5-12,14,22H,3-4,13H2,1-2H3. The van der Waals surface area contributed by atoms with Crippen LogP contribution in [0.4, 0.5) is 5.69 Å². The summed E-state index contributed by atoms with van der Waals surface area (Å²) in [7, 11) is 1.56. The van der Waals surface area contributed by atoms with Crippen molar-refractivity contribution < 1.29 is 14.3 Å². The molecule has 0 fully saturated rings. The third kappa shape index (κ3) is 5.84. The van der Waals surface area contributed by atoms with E-state index in [2.05, 4.69) is 12.2 Å². The Bertz CT molecular complexity index is 726. The number of allylic oxidation sites excluding steroid dienone is 1. The largest absolute Gasteiger partial charge is 0.495 e. The average molecular weight is 360 g/mol. The summed E-state index contributed by atoms with van der Waals surface area (Å²) in [6.07, 6.45) is 5.18. The van der Waals surface area contributed by atoms with Gasteiger partial charge in [-0.1, -0.05) is 24.9 Å². The smallest absolute Gasteiger partial charge is 0.187 e. The van der Waals surface area contributed by atoms with Crippen molar-refractivity contribution in [2.45, 2.75) is 19.8 Å². The number of ether oxygens (including phenoxy) is 2. The molecule has 4 nitrogen and oxygen atoms in total. The molecule has 25 heavy (non-hydrogen) atoms. The highest BCUT2D eigenvalue weighted by Crippen LogP contribution is 2.27. The summed E-state index contributed by atoms with van der Waals surface area (Å²) >= 11 is 6.06. The number of anilines is 1. The lowest BCUT2D eigenvalue weighted by molar-refractivity contribution is 0.104. The summed E-state index contributed by atoms with van der Waals surface area (Å²) < 4.78 is 10.7. The number of hydrogen-bond acceptors (Lipinski definition) is 4. The number of carbonyl (C=O) groups is 1. The van der Waals surface area contributed by atoms with Crippen LogP contribution < -0.4 is 14.8 Å². The van der Waals surface area contributed by atoms with Crippen molar-refractivity contribution >= 4 is 23.1 Å². The number of unbranched alkanes of at least 4 members (excludes halogenated alkanes) is 1. The molecule has 2 aromatic carbocycles. The summed E-state index contributed by atoms with van der Waals surface area (Å²) in [4.78, 5) is 12.2. The number of nitrogens with one attached hydrogen (secondary N) is 1. The monoisotopic (exact) mass is 359 g/mol. The van der Waals surface area contributed by atoms with Crippen molar-refractivity contribution in [1.82, 2.24) is 0 Å². The summed E-state index contributed by atoms with van der Waals surface area (Å²) in [5, 5.41) is 3.52. The Balaban J connectivity index is 1.90. The highest BCUT2D eigenvalue weighted by Gasteiger charge is 2.03. The molecular formula is C20H22ClNO3. The van der Waals surface area contributed by atoms with Crippen LogP contribution in [-0.2, 0) is 0 Å². The van der Waals surface area contributed by atoms with Crippen molar-refractivity contribution in [3.8, 4) is 11.5 Å². The Hall–Kier alpha value is -2.46. The maximum absolute atomic E-state index is 12.2. The second kappa shape index (κ2) is 9.74. The van der Waals surface area contributed by atoms with Gasteiger partial charge in [-0.3, -0.25) is 4.79 Å². The molecule has 0 heterocycles. The van der Waals surface area contributed by atoms with Crippen LogP contribution in [0.1, 0.15) is 30.1 Å². The van der Waals surface area contributed by atoms with E-state index in [9.17, 15) is 4.79 Å². The third-order valence-electron chi connectivity index (χ3n) is 3.54. The molecule has 2 aromatic rings. The van der Waals surface area contributed by atoms with Gasteiger partial charge < -0.3 is 14.8 Å². The van der Waals surface area contributed by atoms with Gasteiger partial charge in [-0.25, -0.2) is 0 Å².